The molecule has 0 amide bonds. The van der Waals surface area contributed by atoms with Crippen molar-refractivity contribution < 1.29 is 0 Å². The van der Waals surface area contributed by atoms with Crippen LogP contribution in [0.25, 0.3) is 0 Å². The molecule has 0 spiro atoms. The standard InChI is InChI=1S/C16H21N5/c1-3-4-9-17-16-19-15(11-18-20-16)21-12(2)10-13-7-5-6-8-14(13)21/h5-8,11-12H,3-4,9-10H2,1-2H3,(H,17,19,20). The van der Waals surface area contributed by atoms with Crippen LogP contribution in [0.15, 0.2) is 30.5 Å². The highest BCUT2D eigenvalue weighted by molar-refractivity contribution is 5.68. The molecule has 0 aliphatic carbocycles. The fourth-order valence-corrected chi connectivity index (χ4v) is 2.78. The molecule has 1 aliphatic rings. The molecule has 1 N–H and O–H groups in total. The van der Waals surface area contributed by atoms with Gasteiger partial charge in [0.25, 0.3) is 0 Å². The number of aromatic nitrogens is 3. The van der Waals surface area contributed by atoms with Crippen molar-refractivity contribution in [3.8, 4) is 0 Å². The summed E-state index contributed by atoms with van der Waals surface area (Å²) < 4.78 is 0. The number of fused-ring (bicyclic) bond motifs is 1. The Morgan fingerprint density at radius 3 is 3.05 bits per heavy atom. The fraction of sp³-hybridized carbons (Fsp3) is 0.438. The van der Waals surface area contributed by atoms with E-state index in [1.807, 2.05) is 0 Å². The van der Waals surface area contributed by atoms with E-state index in [2.05, 4.69) is 63.5 Å². The van der Waals surface area contributed by atoms with Crippen LogP contribution < -0.4 is 10.2 Å². The quantitative estimate of drug-likeness (QED) is 0.854. The first kappa shape index (κ1) is 13.8. The second-order valence-corrected chi connectivity index (χ2v) is 5.47. The summed E-state index contributed by atoms with van der Waals surface area (Å²) in [6.45, 7) is 5.26. The molecular weight excluding hydrogens is 262 g/mol. The Morgan fingerprint density at radius 1 is 1.33 bits per heavy atom. The highest BCUT2D eigenvalue weighted by Crippen LogP contribution is 2.36. The lowest BCUT2D eigenvalue weighted by Crippen LogP contribution is -2.25. The molecule has 1 unspecified atom stereocenters. The van der Waals surface area contributed by atoms with Gasteiger partial charge in [-0.1, -0.05) is 31.5 Å². The smallest absolute Gasteiger partial charge is 0.244 e. The maximum atomic E-state index is 4.62. The summed E-state index contributed by atoms with van der Waals surface area (Å²) in [4.78, 5) is 6.86. The van der Waals surface area contributed by atoms with Crippen molar-refractivity contribution in [1.82, 2.24) is 15.2 Å². The first-order valence-corrected chi connectivity index (χ1v) is 7.60. The molecule has 0 saturated heterocycles. The van der Waals surface area contributed by atoms with Gasteiger partial charge in [-0.2, -0.15) is 10.1 Å². The van der Waals surface area contributed by atoms with Gasteiger partial charge in [-0.25, -0.2) is 0 Å². The van der Waals surface area contributed by atoms with Crippen molar-refractivity contribution in [2.45, 2.75) is 39.2 Å². The minimum absolute atomic E-state index is 0.391. The number of nitrogens with one attached hydrogen (secondary N) is 1. The molecule has 1 atom stereocenters. The van der Waals surface area contributed by atoms with Crippen LogP contribution in [0.1, 0.15) is 32.3 Å². The lowest BCUT2D eigenvalue weighted by Gasteiger charge is -2.23. The van der Waals surface area contributed by atoms with Gasteiger partial charge in [0, 0.05) is 18.3 Å². The van der Waals surface area contributed by atoms with Crippen LogP contribution >= 0.6 is 0 Å². The molecule has 0 fully saturated rings. The van der Waals surface area contributed by atoms with Crippen LogP contribution in [0.4, 0.5) is 17.5 Å². The van der Waals surface area contributed by atoms with E-state index >= 15 is 0 Å². The minimum atomic E-state index is 0.391. The molecule has 0 radical (unpaired) electrons. The molecule has 1 aromatic carbocycles. The molecule has 5 nitrogen and oxygen atoms in total. The average molecular weight is 283 g/mol. The van der Waals surface area contributed by atoms with Gasteiger partial charge in [0.2, 0.25) is 5.95 Å². The van der Waals surface area contributed by atoms with Crippen molar-refractivity contribution >= 4 is 17.5 Å². The number of nitrogens with zero attached hydrogens (tertiary/aromatic N) is 4. The van der Waals surface area contributed by atoms with Gasteiger partial charge >= 0.3 is 0 Å². The molecule has 0 saturated carbocycles. The van der Waals surface area contributed by atoms with Crippen molar-refractivity contribution in [1.29, 1.82) is 0 Å². The van der Waals surface area contributed by atoms with Gasteiger partial charge < -0.3 is 10.2 Å². The van der Waals surface area contributed by atoms with Crippen molar-refractivity contribution in [2.24, 2.45) is 0 Å². The maximum absolute atomic E-state index is 4.62. The zero-order valence-electron chi connectivity index (χ0n) is 12.6. The van der Waals surface area contributed by atoms with E-state index in [-0.39, 0.29) is 0 Å². The summed E-state index contributed by atoms with van der Waals surface area (Å²) in [5.41, 5.74) is 2.59. The fourth-order valence-electron chi connectivity index (χ4n) is 2.78. The van der Waals surface area contributed by atoms with E-state index in [1.54, 1.807) is 6.20 Å². The summed E-state index contributed by atoms with van der Waals surface area (Å²) in [5.74, 6) is 1.47. The Balaban J connectivity index is 1.85. The third kappa shape index (κ3) is 2.82. The van der Waals surface area contributed by atoms with Gasteiger partial charge in [-0.3, -0.25) is 0 Å². The predicted molar refractivity (Wildman–Crippen MR) is 85.0 cm³/mol. The van der Waals surface area contributed by atoms with Gasteiger partial charge in [0.05, 0.1) is 6.20 Å². The zero-order chi connectivity index (χ0) is 14.7. The Hall–Kier alpha value is -2.17. The van der Waals surface area contributed by atoms with E-state index in [1.165, 1.54) is 11.3 Å². The summed E-state index contributed by atoms with van der Waals surface area (Å²) in [5, 5.41) is 11.4. The summed E-state index contributed by atoms with van der Waals surface area (Å²) in [6, 6.07) is 8.87. The average Bonchev–Trinajstić information content (AvgIpc) is 2.83. The molecule has 5 heteroatoms. The molecular formula is C16H21N5. The third-order valence-corrected chi connectivity index (χ3v) is 3.81. The maximum Gasteiger partial charge on any atom is 0.244 e. The number of rotatable bonds is 5. The molecule has 110 valence electrons. The monoisotopic (exact) mass is 283 g/mol. The highest BCUT2D eigenvalue weighted by atomic mass is 15.3. The van der Waals surface area contributed by atoms with E-state index in [4.69, 9.17) is 0 Å². The number of benzene rings is 1. The highest BCUT2D eigenvalue weighted by Gasteiger charge is 2.28. The molecule has 1 aliphatic heterocycles. The van der Waals surface area contributed by atoms with Crippen LogP contribution in [0.3, 0.4) is 0 Å². The van der Waals surface area contributed by atoms with Crippen LogP contribution in [-0.2, 0) is 6.42 Å². The molecule has 3 rings (SSSR count). The predicted octanol–water partition coefficient (Wildman–Crippen LogP) is 3.17. The van der Waals surface area contributed by atoms with Gasteiger partial charge in [-0.05, 0) is 31.4 Å². The SMILES string of the molecule is CCCCNc1nncc(N2c3ccccc3CC2C)n1. The third-order valence-electron chi connectivity index (χ3n) is 3.81. The first-order chi connectivity index (χ1) is 10.3. The minimum Gasteiger partial charge on any atom is -0.353 e. The van der Waals surface area contributed by atoms with Gasteiger partial charge in [0.15, 0.2) is 5.82 Å². The Kier molecular flexibility index (Phi) is 3.99. The molecule has 2 heterocycles. The Bertz CT molecular complexity index is 613. The molecule has 2 aromatic rings. The number of hydrogen-bond acceptors (Lipinski definition) is 5. The largest absolute Gasteiger partial charge is 0.353 e. The molecule has 21 heavy (non-hydrogen) atoms. The van der Waals surface area contributed by atoms with Crippen molar-refractivity contribution in [3.63, 3.8) is 0 Å². The lowest BCUT2D eigenvalue weighted by atomic mass is 10.1. The number of hydrogen-bond donors (Lipinski definition) is 1. The normalized spacial score (nSPS) is 16.9. The molecule has 1 aromatic heterocycles. The van der Waals surface area contributed by atoms with Crippen LogP contribution in [0.2, 0.25) is 0 Å². The number of unbranched alkanes of at least 4 members (excludes halogenated alkanes) is 1. The second-order valence-electron chi connectivity index (χ2n) is 5.47. The first-order valence-electron chi connectivity index (χ1n) is 7.60. The van der Waals surface area contributed by atoms with Crippen LogP contribution in [0.5, 0.6) is 0 Å². The van der Waals surface area contributed by atoms with Crippen molar-refractivity contribution in [3.05, 3.63) is 36.0 Å². The Labute approximate surface area is 125 Å². The number of para-hydroxylation sites is 1. The topological polar surface area (TPSA) is 53.9 Å². The second kappa shape index (κ2) is 6.08. The van der Waals surface area contributed by atoms with Gasteiger partial charge in [0.1, 0.15) is 0 Å². The van der Waals surface area contributed by atoms with E-state index in [0.717, 1.165) is 31.6 Å². The van der Waals surface area contributed by atoms with Crippen LogP contribution in [0, 0.1) is 0 Å². The Morgan fingerprint density at radius 2 is 2.19 bits per heavy atom. The number of anilines is 3. The summed E-state index contributed by atoms with van der Waals surface area (Å²) >= 11 is 0. The van der Waals surface area contributed by atoms with E-state index in [9.17, 15) is 0 Å². The van der Waals surface area contributed by atoms with E-state index in [0.29, 0.717) is 12.0 Å². The van der Waals surface area contributed by atoms with Gasteiger partial charge in [-0.15, -0.1) is 5.10 Å². The molecule has 0 bridgehead atoms. The zero-order valence-corrected chi connectivity index (χ0v) is 12.6. The van der Waals surface area contributed by atoms with E-state index < -0.39 is 0 Å². The van der Waals surface area contributed by atoms with Crippen molar-refractivity contribution in [2.75, 3.05) is 16.8 Å². The summed E-state index contributed by atoms with van der Waals surface area (Å²) in [7, 11) is 0. The summed E-state index contributed by atoms with van der Waals surface area (Å²) in [6.07, 6.45) is 5.04. The lowest BCUT2D eigenvalue weighted by molar-refractivity contribution is 0.743. The van der Waals surface area contributed by atoms with Crippen LogP contribution in [-0.4, -0.2) is 27.8 Å².